The van der Waals surface area contributed by atoms with E-state index >= 15 is 0 Å². The first-order valence-corrected chi connectivity index (χ1v) is 6.67. The standard InChI is InChI=1S/C14H10ClFO2S/c15-10-5-4-9(6-14(17)18)13(7-10)19-12-3-1-2-11(16)8-12/h1-5,7-8H,6H2,(H,17,18). The Kier molecular flexibility index (Phi) is 4.45. The molecule has 2 aromatic carbocycles. The number of carboxylic acids is 1. The van der Waals surface area contributed by atoms with E-state index in [0.717, 1.165) is 4.90 Å². The highest BCUT2D eigenvalue weighted by atomic mass is 35.5. The first-order chi connectivity index (χ1) is 9.04. The minimum absolute atomic E-state index is 0.0885. The molecule has 0 aliphatic rings. The largest absolute Gasteiger partial charge is 0.481 e. The summed E-state index contributed by atoms with van der Waals surface area (Å²) >= 11 is 7.21. The smallest absolute Gasteiger partial charge is 0.307 e. The SMILES string of the molecule is O=C(O)Cc1ccc(Cl)cc1Sc1cccc(F)c1. The maximum Gasteiger partial charge on any atom is 0.307 e. The lowest BCUT2D eigenvalue weighted by molar-refractivity contribution is -0.136. The number of hydrogen-bond acceptors (Lipinski definition) is 2. The number of carboxylic acid groups (broad SMARTS) is 1. The molecule has 0 amide bonds. The van der Waals surface area contributed by atoms with Crippen LogP contribution < -0.4 is 0 Å². The molecule has 98 valence electrons. The van der Waals surface area contributed by atoms with Gasteiger partial charge in [0.15, 0.2) is 0 Å². The summed E-state index contributed by atoms with van der Waals surface area (Å²) in [5, 5.41) is 9.39. The summed E-state index contributed by atoms with van der Waals surface area (Å²) in [6.07, 6.45) is -0.0885. The predicted molar refractivity (Wildman–Crippen MR) is 73.3 cm³/mol. The van der Waals surface area contributed by atoms with Crippen molar-refractivity contribution >= 4 is 29.3 Å². The van der Waals surface area contributed by atoms with Gasteiger partial charge in [-0.1, -0.05) is 35.5 Å². The summed E-state index contributed by atoms with van der Waals surface area (Å²) in [6.45, 7) is 0. The molecule has 19 heavy (non-hydrogen) atoms. The van der Waals surface area contributed by atoms with Gasteiger partial charge >= 0.3 is 5.97 Å². The van der Waals surface area contributed by atoms with Crippen LogP contribution >= 0.6 is 23.4 Å². The molecule has 5 heteroatoms. The number of halogens is 2. The molecule has 0 unspecified atom stereocenters. The number of carbonyl (C=O) groups is 1. The van der Waals surface area contributed by atoms with Crippen molar-refractivity contribution in [1.82, 2.24) is 0 Å². The molecule has 2 nitrogen and oxygen atoms in total. The van der Waals surface area contributed by atoms with Crippen LogP contribution in [0.5, 0.6) is 0 Å². The van der Waals surface area contributed by atoms with Crippen LogP contribution in [0.3, 0.4) is 0 Å². The van der Waals surface area contributed by atoms with Crippen molar-refractivity contribution in [2.75, 3.05) is 0 Å². The third-order valence-electron chi connectivity index (χ3n) is 2.39. The molecule has 1 N–H and O–H groups in total. The predicted octanol–water partition coefficient (Wildman–Crippen LogP) is 4.26. The number of benzene rings is 2. The van der Waals surface area contributed by atoms with Crippen LogP contribution in [0, 0.1) is 5.82 Å². The molecular weight excluding hydrogens is 287 g/mol. The molecule has 0 fully saturated rings. The van der Waals surface area contributed by atoms with Crippen LogP contribution in [-0.2, 0) is 11.2 Å². The second-order valence-corrected chi connectivity index (χ2v) is 5.43. The molecular formula is C14H10ClFO2S. The van der Waals surface area contributed by atoms with Gasteiger partial charge in [-0.15, -0.1) is 0 Å². The van der Waals surface area contributed by atoms with Gasteiger partial charge in [0.05, 0.1) is 6.42 Å². The van der Waals surface area contributed by atoms with Crippen LogP contribution in [0.1, 0.15) is 5.56 Å². The van der Waals surface area contributed by atoms with Crippen LogP contribution in [0.15, 0.2) is 52.3 Å². The van der Waals surface area contributed by atoms with Crippen LogP contribution in [0.2, 0.25) is 5.02 Å². The summed E-state index contributed by atoms with van der Waals surface area (Å²) < 4.78 is 13.1. The molecule has 0 bridgehead atoms. The summed E-state index contributed by atoms with van der Waals surface area (Å²) in [5.41, 5.74) is 0.658. The van der Waals surface area contributed by atoms with Crippen LogP contribution in [0.25, 0.3) is 0 Å². The van der Waals surface area contributed by atoms with E-state index in [4.69, 9.17) is 16.7 Å². The minimum atomic E-state index is -0.914. The third kappa shape index (κ3) is 3.98. The average Bonchev–Trinajstić information content (AvgIpc) is 2.32. The number of aliphatic carboxylic acids is 1. The first kappa shape index (κ1) is 13.9. The lowest BCUT2D eigenvalue weighted by atomic mass is 10.1. The van der Waals surface area contributed by atoms with Gasteiger partial charge in [0.1, 0.15) is 5.82 Å². The zero-order valence-electron chi connectivity index (χ0n) is 9.77. The summed E-state index contributed by atoms with van der Waals surface area (Å²) in [4.78, 5) is 12.2. The Bertz CT molecular complexity index is 616. The number of rotatable bonds is 4. The zero-order chi connectivity index (χ0) is 13.8. The second-order valence-electron chi connectivity index (χ2n) is 3.88. The summed E-state index contributed by atoms with van der Waals surface area (Å²) in [5.74, 6) is -1.24. The van der Waals surface area contributed by atoms with Crippen LogP contribution in [-0.4, -0.2) is 11.1 Å². The molecule has 0 radical (unpaired) electrons. The van der Waals surface area contributed by atoms with Gasteiger partial charge in [-0.3, -0.25) is 4.79 Å². The van der Waals surface area contributed by atoms with E-state index < -0.39 is 5.97 Å². The fraction of sp³-hybridized carbons (Fsp3) is 0.0714. The quantitative estimate of drug-likeness (QED) is 0.916. The van der Waals surface area contributed by atoms with Gasteiger partial charge < -0.3 is 5.11 Å². The fourth-order valence-corrected chi connectivity index (χ4v) is 2.86. The molecule has 0 aliphatic heterocycles. The molecule has 0 aromatic heterocycles. The topological polar surface area (TPSA) is 37.3 Å². The van der Waals surface area contributed by atoms with Crippen molar-refractivity contribution < 1.29 is 14.3 Å². The van der Waals surface area contributed by atoms with Crippen molar-refractivity contribution in [2.45, 2.75) is 16.2 Å². The lowest BCUT2D eigenvalue weighted by Crippen LogP contribution is -2.01. The summed E-state index contributed by atoms with van der Waals surface area (Å²) in [6, 6.07) is 11.2. The summed E-state index contributed by atoms with van der Waals surface area (Å²) in [7, 11) is 0. The van der Waals surface area contributed by atoms with Crippen molar-refractivity contribution in [2.24, 2.45) is 0 Å². The van der Waals surface area contributed by atoms with Gasteiger partial charge in [0.25, 0.3) is 0 Å². The highest BCUT2D eigenvalue weighted by molar-refractivity contribution is 7.99. The Morgan fingerprint density at radius 1 is 1.26 bits per heavy atom. The third-order valence-corrected chi connectivity index (χ3v) is 3.72. The van der Waals surface area contributed by atoms with E-state index in [1.54, 1.807) is 30.3 Å². The number of hydrogen-bond donors (Lipinski definition) is 1. The Morgan fingerprint density at radius 2 is 2.05 bits per heavy atom. The highest BCUT2D eigenvalue weighted by Gasteiger charge is 2.09. The molecule has 0 saturated heterocycles. The van der Waals surface area contributed by atoms with E-state index in [1.165, 1.54) is 23.9 Å². The van der Waals surface area contributed by atoms with Crippen molar-refractivity contribution in [3.63, 3.8) is 0 Å². The van der Waals surface area contributed by atoms with Crippen molar-refractivity contribution in [1.29, 1.82) is 0 Å². The van der Waals surface area contributed by atoms with Gasteiger partial charge in [-0.05, 0) is 35.9 Å². The highest BCUT2D eigenvalue weighted by Crippen LogP contribution is 2.33. The molecule has 0 atom stereocenters. The molecule has 0 aliphatic carbocycles. The fourth-order valence-electron chi connectivity index (χ4n) is 1.59. The normalized spacial score (nSPS) is 10.4. The maximum absolute atomic E-state index is 13.1. The van der Waals surface area contributed by atoms with Gasteiger partial charge in [-0.25, -0.2) is 4.39 Å². The van der Waals surface area contributed by atoms with Crippen molar-refractivity contribution in [3.8, 4) is 0 Å². The van der Waals surface area contributed by atoms with E-state index in [2.05, 4.69) is 0 Å². The van der Waals surface area contributed by atoms with Gasteiger partial charge in [-0.2, -0.15) is 0 Å². The van der Waals surface area contributed by atoms with E-state index in [0.29, 0.717) is 15.5 Å². The molecule has 2 rings (SSSR count). The van der Waals surface area contributed by atoms with E-state index in [-0.39, 0.29) is 12.2 Å². The van der Waals surface area contributed by atoms with E-state index in [1.807, 2.05) is 0 Å². The Balaban J connectivity index is 2.32. The lowest BCUT2D eigenvalue weighted by Gasteiger charge is -2.08. The second kappa shape index (κ2) is 6.08. The Hall–Kier alpha value is -1.52. The molecule has 0 saturated carbocycles. The monoisotopic (exact) mass is 296 g/mol. The zero-order valence-corrected chi connectivity index (χ0v) is 11.3. The van der Waals surface area contributed by atoms with Crippen LogP contribution in [0.4, 0.5) is 4.39 Å². The van der Waals surface area contributed by atoms with Crippen molar-refractivity contribution in [3.05, 3.63) is 58.9 Å². The Morgan fingerprint density at radius 3 is 2.74 bits per heavy atom. The minimum Gasteiger partial charge on any atom is -0.481 e. The van der Waals surface area contributed by atoms with Gasteiger partial charge in [0.2, 0.25) is 0 Å². The molecule has 0 spiro atoms. The Labute approximate surface area is 119 Å². The maximum atomic E-state index is 13.1. The van der Waals surface area contributed by atoms with E-state index in [9.17, 15) is 9.18 Å². The van der Waals surface area contributed by atoms with Gasteiger partial charge in [0, 0.05) is 14.8 Å². The first-order valence-electron chi connectivity index (χ1n) is 5.48. The molecule has 0 heterocycles. The molecule has 2 aromatic rings. The average molecular weight is 297 g/mol.